The number of nitrogens with zero attached hydrogens (tertiary/aromatic N) is 6. The van der Waals surface area contributed by atoms with Gasteiger partial charge in [-0.1, -0.05) is 12.8 Å². The monoisotopic (exact) mass is 406 g/mol. The topological polar surface area (TPSA) is 86.0 Å². The molecule has 4 heterocycles. The standard InChI is InChI=1S/C22H26N6O2/c1-15-10-20(29)28(17-4-2-3-5-17)21-18(15)11-25-22(26-21)27-9-6-16(13-27)14-30-19-12-23-7-8-24-19/h7-8,10-12,16-17H,2-6,9,13-14H2,1H3. The van der Waals surface area contributed by atoms with Crippen molar-refractivity contribution in [2.45, 2.75) is 45.1 Å². The fourth-order valence-electron chi connectivity index (χ4n) is 4.64. The van der Waals surface area contributed by atoms with E-state index in [4.69, 9.17) is 9.72 Å². The summed E-state index contributed by atoms with van der Waals surface area (Å²) < 4.78 is 7.68. The molecular formula is C22H26N6O2. The molecule has 2 aliphatic rings. The van der Waals surface area contributed by atoms with Crippen LogP contribution in [-0.2, 0) is 0 Å². The Morgan fingerprint density at radius 1 is 1.13 bits per heavy atom. The van der Waals surface area contributed by atoms with Gasteiger partial charge in [-0.25, -0.2) is 9.97 Å². The Bertz CT molecular complexity index is 1090. The molecule has 1 saturated carbocycles. The summed E-state index contributed by atoms with van der Waals surface area (Å²) in [5.41, 5.74) is 1.76. The minimum Gasteiger partial charge on any atom is -0.476 e. The van der Waals surface area contributed by atoms with Crippen LogP contribution in [-0.4, -0.2) is 44.2 Å². The molecule has 0 amide bonds. The summed E-state index contributed by atoms with van der Waals surface area (Å²) >= 11 is 0. The highest BCUT2D eigenvalue weighted by Gasteiger charge is 2.27. The Morgan fingerprint density at radius 2 is 2.00 bits per heavy atom. The maximum atomic E-state index is 12.8. The predicted octanol–water partition coefficient (Wildman–Crippen LogP) is 2.91. The second kappa shape index (κ2) is 8.01. The first kappa shape index (κ1) is 19.0. The Balaban J connectivity index is 1.38. The largest absolute Gasteiger partial charge is 0.476 e. The van der Waals surface area contributed by atoms with Crippen molar-refractivity contribution in [1.82, 2.24) is 24.5 Å². The fraction of sp³-hybridized carbons (Fsp3) is 0.500. The molecule has 0 spiro atoms. The Hall–Kier alpha value is -3.03. The van der Waals surface area contributed by atoms with Crippen molar-refractivity contribution in [3.05, 3.63) is 46.8 Å². The fourth-order valence-corrected chi connectivity index (χ4v) is 4.64. The van der Waals surface area contributed by atoms with Gasteiger partial charge in [0, 0.05) is 55.1 Å². The molecule has 1 saturated heterocycles. The van der Waals surface area contributed by atoms with Gasteiger partial charge in [-0.3, -0.25) is 14.3 Å². The number of aromatic nitrogens is 5. The van der Waals surface area contributed by atoms with E-state index < -0.39 is 0 Å². The predicted molar refractivity (Wildman–Crippen MR) is 114 cm³/mol. The van der Waals surface area contributed by atoms with E-state index in [2.05, 4.69) is 19.9 Å². The minimum atomic E-state index is 0.0493. The molecule has 0 aromatic carbocycles. The third-order valence-corrected chi connectivity index (χ3v) is 6.25. The van der Waals surface area contributed by atoms with Gasteiger partial charge in [-0.05, 0) is 31.7 Å². The van der Waals surface area contributed by atoms with Gasteiger partial charge in [0.2, 0.25) is 11.8 Å². The lowest BCUT2D eigenvalue weighted by atomic mass is 10.1. The number of pyridine rings is 1. The van der Waals surface area contributed by atoms with Crippen molar-refractivity contribution in [2.75, 3.05) is 24.6 Å². The van der Waals surface area contributed by atoms with Crippen LogP contribution in [0.3, 0.4) is 0 Å². The highest BCUT2D eigenvalue weighted by atomic mass is 16.5. The van der Waals surface area contributed by atoms with E-state index in [0.29, 0.717) is 24.4 Å². The van der Waals surface area contributed by atoms with Crippen LogP contribution in [0.2, 0.25) is 0 Å². The second-order valence-corrected chi connectivity index (χ2v) is 8.34. The van der Waals surface area contributed by atoms with Gasteiger partial charge in [-0.15, -0.1) is 0 Å². The molecule has 1 atom stereocenters. The van der Waals surface area contributed by atoms with Gasteiger partial charge in [0.15, 0.2) is 0 Å². The van der Waals surface area contributed by atoms with Gasteiger partial charge in [-0.2, -0.15) is 4.98 Å². The van der Waals surface area contributed by atoms with E-state index in [-0.39, 0.29) is 11.6 Å². The summed E-state index contributed by atoms with van der Waals surface area (Å²) in [4.78, 5) is 32.7. The highest BCUT2D eigenvalue weighted by Crippen LogP contribution is 2.31. The molecule has 1 unspecified atom stereocenters. The zero-order chi connectivity index (χ0) is 20.5. The summed E-state index contributed by atoms with van der Waals surface area (Å²) in [6.45, 7) is 4.25. The van der Waals surface area contributed by atoms with Crippen LogP contribution in [0.4, 0.5) is 5.95 Å². The maximum Gasteiger partial charge on any atom is 0.252 e. The first-order valence-corrected chi connectivity index (χ1v) is 10.7. The van der Waals surface area contributed by atoms with E-state index in [1.54, 1.807) is 24.7 Å². The van der Waals surface area contributed by atoms with Crippen molar-refractivity contribution >= 4 is 17.0 Å². The van der Waals surface area contributed by atoms with Crippen LogP contribution in [0.15, 0.2) is 35.6 Å². The first-order chi connectivity index (χ1) is 14.7. The van der Waals surface area contributed by atoms with Gasteiger partial charge in [0.1, 0.15) is 5.65 Å². The molecule has 0 bridgehead atoms. The number of rotatable bonds is 5. The molecule has 156 valence electrons. The van der Waals surface area contributed by atoms with Gasteiger partial charge < -0.3 is 9.64 Å². The van der Waals surface area contributed by atoms with E-state index in [0.717, 1.165) is 48.9 Å². The van der Waals surface area contributed by atoms with E-state index in [1.165, 1.54) is 12.8 Å². The molecule has 3 aromatic rings. The lowest BCUT2D eigenvalue weighted by molar-refractivity contribution is 0.251. The SMILES string of the molecule is Cc1cc(=O)n(C2CCCC2)c2nc(N3CCC(COc4cnccn4)C3)ncc12. The quantitative estimate of drug-likeness (QED) is 0.644. The van der Waals surface area contributed by atoms with Crippen LogP contribution in [0.1, 0.15) is 43.7 Å². The average Bonchev–Trinajstić information content (AvgIpc) is 3.45. The smallest absolute Gasteiger partial charge is 0.252 e. The molecule has 0 N–H and O–H groups in total. The van der Waals surface area contributed by atoms with Gasteiger partial charge in [0.05, 0.1) is 12.8 Å². The second-order valence-electron chi connectivity index (χ2n) is 8.34. The van der Waals surface area contributed by atoms with Crippen molar-refractivity contribution in [3.8, 4) is 5.88 Å². The number of hydrogen-bond donors (Lipinski definition) is 0. The van der Waals surface area contributed by atoms with Gasteiger partial charge >= 0.3 is 0 Å². The molecule has 5 rings (SSSR count). The molecule has 0 radical (unpaired) electrons. The number of ether oxygens (including phenoxy) is 1. The summed E-state index contributed by atoms with van der Waals surface area (Å²) in [5, 5.41) is 0.965. The van der Waals surface area contributed by atoms with Crippen LogP contribution >= 0.6 is 0 Å². The summed E-state index contributed by atoms with van der Waals surface area (Å²) in [6, 6.07) is 1.97. The molecule has 1 aliphatic heterocycles. The summed E-state index contributed by atoms with van der Waals surface area (Å²) in [6.07, 6.45) is 12.2. The van der Waals surface area contributed by atoms with Crippen LogP contribution in [0, 0.1) is 12.8 Å². The van der Waals surface area contributed by atoms with E-state index in [9.17, 15) is 4.79 Å². The Kier molecular flexibility index (Phi) is 5.06. The maximum absolute atomic E-state index is 12.8. The molecule has 8 heteroatoms. The zero-order valence-electron chi connectivity index (χ0n) is 17.2. The van der Waals surface area contributed by atoms with Crippen LogP contribution < -0.4 is 15.2 Å². The summed E-state index contributed by atoms with van der Waals surface area (Å²) in [7, 11) is 0. The van der Waals surface area contributed by atoms with Gasteiger partial charge in [0.25, 0.3) is 5.56 Å². The molecule has 2 fully saturated rings. The lowest BCUT2D eigenvalue weighted by Gasteiger charge is -2.20. The first-order valence-electron chi connectivity index (χ1n) is 10.7. The normalized spacial score (nSPS) is 19.6. The molecule has 1 aliphatic carbocycles. The van der Waals surface area contributed by atoms with Crippen molar-refractivity contribution in [2.24, 2.45) is 5.92 Å². The number of anilines is 1. The van der Waals surface area contributed by atoms with Crippen LogP contribution in [0.5, 0.6) is 5.88 Å². The number of hydrogen-bond acceptors (Lipinski definition) is 7. The van der Waals surface area contributed by atoms with E-state index in [1.807, 2.05) is 17.7 Å². The molecule has 3 aromatic heterocycles. The van der Waals surface area contributed by atoms with Crippen molar-refractivity contribution in [1.29, 1.82) is 0 Å². The minimum absolute atomic E-state index is 0.0493. The molecular weight excluding hydrogens is 380 g/mol. The summed E-state index contributed by atoms with van der Waals surface area (Å²) in [5.74, 6) is 1.62. The third kappa shape index (κ3) is 3.62. The number of fused-ring (bicyclic) bond motifs is 1. The highest BCUT2D eigenvalue weighted by molar-refractivity contribution is 5.79. The zero-order valence-corrected chi connectivity index (χ0v) is 17.2. The van der Waals surface area contributed by atoms with Crippen molar-refractivity contribution < 1.29 is 4.74 Å². The number of aryl methyl sites for hydroxylation is 1. The third-order valence-electron chi connectivity index (χ3n) is 6.25. The Labute approximate surface area is 175 Å². The lowest BCUT2D eigenvalue weighted by Crippen LogP contribution is -2.27. The molecule has 30 heavy (non-hydrogen) atoms. The molecule has 8 nitrogen and oxygen atoms in total. The Morgan fingerprint density at radius 3 is 2.80 bits per heavy atom. The van der Waals surface area contributed by atoms with Crippen molar-refractivity contribution in [3.63, 3.8) is 0 Å². The van der Waals surface area contributed by atoms with Crippen LogP contribution in [0.25, 0.3) is 11.0 Å². The van der Waals surface area contributed by atoms with E-state index >= 15 is 0 Å². The average molecular weight is 406 g/mol.